The molecule has 3 nitrogen and oxygen atoms in total. The van der Waals surface area contributed by atoms with Gasteiger partial charge in [0, 0.05) is 12.3 Å². The zero-order valence-electron chi connectivity index (χ0n) is 12.8. The summed E-state index contributed by atoms with van der Waals surface area (Å²) >= 11 is 0. The maximum absolute atomic E-state index is 12.6. The molecule has 20 heavy (non-hydrogen) atoms. The molecule has 1 aliphatic heterocycles. The summed E-state index contributed by atoms with van der Waals surface area (Å²) in [6, 6.07) is 0. The van der Waals surface area contributed by atoms with Crippen molar-refractivity contribution in [2.45, 2.75) is 65.2 Å². The van der Waals surface area contributed by atoms with Crippen LogP contribution in [-0.4, -0.2) is 11.8 Å². The summed E-state index contributed by atoms with van der Waals surface area (Å²) in [7, 11) is 0. The highest BCUT2D eigenvalue weighted by Crippen LogP contribution is 2.56. The van der Waals surface area contributed by atoms with Crippen molar-refractivity contribution in [3.05, 3.63) is 0 Å². The second-order valence-electron chi connectivity index (χ2n) is 7.50. The molecule has 2 aliphatic carbocycles. The van der Waals surface area contributed by atoms with Gasteiger partial charge in [0.1, 0.15) is 0 Å². The van der Waals surface area contributed by atoms with Crippen molar-refractivity contribution in [2.24, 2.45) is 29.1 Å². The highest BCUT2D eigenvalue weighted by atomic mass is 16.2. The molecule has 112 valence electrons. The van der Waals surface area contributed by atoms with Crippen LogP contribution >= 0.6 is 0 Å². The summed E-state index contributed by atoms with van der Waals surface area (Å²) in [5.41, 5.74) is -0.0495. The van der Waals surface area contributed by atoms with E-state index in [-0.39, 0.29) is 23.1 Å². The van der Waals surface area contributed by atoms with Crippen LogP contribution in [0.5, 0.6) is 0 Å². The zero-order valence-corrected chi connectivity index (χ0v) is 12.8. The van der Waals surface area contributed by atoms with Crippen LogP contribution in [0.25, 0.3) is 0 Å². The summed E-state index contributed by atoms with van der Waals surface area (Å²) in [5.74, 6) is 1.71. The third-order valence-electron chi connectivity index (χ3n) is 6.59. The Morgan fingerprint density at radius 1 is 1.05 bits per heavy atom. The van der Waals surface area contributed by atoms with Crippen molar-refractivity contribution in [3.63, 3.8) is 0 Å². The maximum atomic E-state index is 12.6. The molecule has 0 aromatic carbocycles. The monoisotopic (exact) mass is 277 g/mol. The standard InChI is InChI=1S/C17H27NO2/c1-11-6-5-9-17(12(11)2)10-14(19)18-16(20)15(17)13-7-3-4-8-13/h11-13,15H,3-10H2,1-2H3,(H,18,19,20). The molecule has 2 saturated carbocycles. The minimum atomic E-state index is -0.0495. The summed E-state index contributed by atoms with van der Waals surface area (Å²) in [5, 5.41) is 2.64. The molecule has 4 atom stereocenters. The Bertz CT molecular complexity index is 413. The highest BCUT2D eigenvalue weighted by Gasteiger charge is 2.56. The quantitative estimate of drug-likeness (QED) is 0.748. The Balaban J connectivity index is 1.97. The fourth-order valence-electron chi connectivity index (χ4n) is 5.39. The molecule has 1 saturated heterocycles. The molecule has 4 unspecified atom stereocenters. The Morgan fingerprint density at radius 2 is 1.75 bits per heavy atom. The largest absolute Gasteiger partial charge is 0.296 e. The molecule has 3 aliphatic rings. The number of hydrogen-bond donors (Lipinski definition) is 1. The zero-order chi connectivity index (χ0) is 14.3. The first-order chi connectivity index (χ1) is 9.54. The molecule has 3 rings (SSSR count). The third kappa shape index (κ3) is 2.10. The summed E-state index contributed by atoms with van der Waals surface area (Å²) in [6.07, 6.45) is 8.92. The van der Waals surface area contributed by atoms with E-state index in [1.54, 1.807) is 0 Å². The van der Waals surface area contributed by atoms with E-state index in [9.17, 15) is 9.59 Å². The molecule has 1 heterocycles. The molecular weight excluding hydrogens is 250 g/mol. The fraction of sp³-hybridized carbons (Fsp3) is 0.882. The van der Waals surface area contributed by atoms with Gasteiger partial charge in [0.05, 0.1) is 0 Å². The minimum absolute atomic E-state index is 0.0362. The minimum Gasteiger partial charge on any atom is -0.296 e. The number of piperidine rings is 1. The van der Waals surface area contributed by atoms with Gasteiger partial charge in [-0.1, -0.05) is 39.5 Å². The van der Waals surface area contributed by atoms with E-state index in [1.165, 1.54) is 38.5 Å². The first-order valence-corrected chi connectivity index (χ1v) is 8.38. The van der Waals surface area contributed by atoms with Crippen molar-refractivity contribution in [3.8, 4) is 0 Å². The van der Waals surface area contributed by atoms with Crippen molar-refractivity contribution < 1.29 is 9.59 Å². The van der Waals surface area contributed by atoms with Crippen molar-refractivity contribution in [1.29, 1.82) is 0 Å². The predicted octanol–water partition coefficient (Wildman–Crippen LogP) is 3.28. The van der Waals surface area contributed by atoms with E-state index in [2.05, 4.69) is 19.2 Å². The number of carbonyl (C=O) groups is 2. The third-order valence-corrected chi connectivity index (χ3v) is 6.59. The molecule has 0 aromatic heterocycles. The molecule has 1 N–H and O–H groups in total. The maximum Gasteiger partial charge on any atom is 0.230 e. The number of hydrogen-bond acceptors (Lipinski definition) is 2. The van der Waals surface area contributed by atoms with Crippen LogP contribution in [0.1, 0.15) is 65.2 Å². The number of nitrogens with one attached hydrogen (secondary N) is 1. The normalized spacial score (nSPS) is 43.0. The lowest BCUT2D eigenvalue weighted by molar-refractivity contribution is -0.154. The van der Waals surface area contributed by atoms with Gasteiger partial charge in [-0.05, 0) is 42.4 Å². The van der Waals surface area contributed by atoms with Gasteiger partial charge in [-0.2, -0.15) is 0 Å². The van der Waals surface area contributed by atoms with Gasteiger partial charge in [-0.15, -0.1) is 0 Å². The first-order valence-electron chi connectivity index (χ1n) is 8.38. The van der Waals surface area contributed by atoms with Crippen LogP contribution in [0, 0.1) is 29.1 Å². The molecule has 0 radical (unpaired) electrons. The second-order valence-corrected chi connectivity index (χ2v) is 7.50. The van der Waals surface area contributed by atoms with E-state index in [0.29, 0.717) is 24.2 Å². The molecule has 2 amide bonds. The average Bonchev–Trinajstić information content (AvgIpc) is 2.88. The topological polar surface area (TPSA) is 46.2 Å². The van der Waals surface area contributed by atoms with E-state index >= 15 is 0 Å². The lowest BCUT2D eigenvalue weighted by atomic mass is 9.52. The number of rotatable bonds is 1. The van der Waals surface area contributed by atoms with Gasteiger partial charge >= 0.3 is 0 Å². The van der Waals surface area contributed by atoms with Crippen molar-refractivity contribution >= 4 is 11.8 Å². The Kier molecular flexibility index (Phi) is 3.64. The summed E-state index contributed by atoms with van der Waals surface area (Å²) in [4.78, 5) is 24.6. The van der Waals surface area contributed by atoms with Gasteiger partial charge in [-0.25, -0.2) is 0 Å². The number of carbonyl (C=O) groups excluding carboxylic acids is 2. The molecule has 3 heteroatoms. The van der Waals surface area contributed by atoms with Crippen LogP contribution in [0.15, 0.2) is 0 Å². The predicted molar refractivity (Wildman–Crippen MR) is 77.8 cm³/mol. The van der Waals surface area contributed by atoms with Crippen molar-refractivity contribution in [2.75, 3.05) is 0 Å². The van der Waals surface area contributed by atoms with E-state index in [1.807, 2.05) is 0 Å². The molecule has 0 aromatic rings. The van der Waals surface area contributed by atoms with Crippen LogP contribution in [0.3, 0.4) is 0 Å². The van der Waals surface area contributed by atoms with E-state index in [4.69, 9.17) is 0 Å². The van der Waals surface area contributed by atoms with Gasteiger partial charge in [0.2, 0.25) is 11.8 Å². The van der Waals surface area contributed by atoms with Crippen LogP contribution in [0.2, 0.25) is 0 Å². The first kappa shape index (κ1) is 14.1. The Labute approximate surface area is 121 Å². The highest BCUT2D eigenvalue weighted by molar-refractivity contribution is 6.00. The van der Waals surface area contributed by atoms with Gasteiger partial charge in [0.15, 0.2) is 0 Å². The van der Waals surface area contributed by atoms with Crippen LogP contribution < -0.4 is 5.32 Å². The Hall–Kier alpha value is -0.860. The smallest absolute Gasteiger partial charge is 0.230 e. The van der Waals surface area contributed by atoms with Gasteiger partial charge < -0.3 is 0 Å². The average molecular weight is 277 g/mol. The molecule has 3 fully saturated rings. The van der Waals surface area contributed by atoms with Gasteiger partial charge in [-0.3, -0.25) is 14.9 Å². The second kappa shape index (κ2) is 5.16. The number of amides is 2. The molecule has 1 spiro atoms. The molecular formula is C17H27NO2. The SMILES string of the molecule is CC1CCCC2(CC(=O)NC(=O)C2C2CCCC2)C1C. The van der Waals surface area contributed by atoms with Crippen LogP contribution in [0.4, 0.5) is 0 Å². The fourth-order valence-corrected chi connectivity index (χ4v) is 5.39. The number of imide groups is 1. The van der Waals surface area contributed by atoms with Gasteiger partial charge in [0.25, 0.3) is 0 Å². The summed E-state index contributed by atoms with van der Waals surface area (Å²) in [6.45, 7) is 4.59. The lowest BCUT2D eigenvalue weighted by Gasteiger charge is -2.53. The van der Waals surface area contributed by atoms with E-state index in [0.717, 1.165) is 6.42 Å². The Morgan fingerprint density at radius 3 is 2.45 bits per heavy atom. The van der Waals surface area contributed by atoms with Crippen molar-refractivity contribution in [1.82, 2.24) is 5.32 Å². The summed E-state index contributed by atoms with van der Waals surface area (Å²) < 4.78 is 0. The van der Waals surface area contributed by atoms with E-state index < -0.39 is 0 Å². The van der Waals surface area contributed by atoms with Crippen LogP contribution in [-0.2, 0) is 9.59 Å². The molecule has 0 bridgehead atoms. The lowest BCUT2D eigenvalue weighted by Crippen LogP contribution is -2.58.